The number of nitrogens with zero attached hydrogens (tertiary/aromatic N) is 5. The van der Waals surface area contributed by atoms with Gasteiger partial charge in [-0.2, -0.15) is 0 Å². The highest BCUT2D eigenvalue weighted by Crippen LogP contribution is 2.47. The first-order chi connectivity index (χ1) is 13.8. The molecule has 1 amide bonds. The maximum absolute atomic E-state index is 12.6. The predicted molar refractivity (Wildman–Crippen MR) is 110 cm³/mol. The topological polar surface area (TPSA) is 91.6 Å². The third-order valence-electron chi connectivity index (χ3n) is 6.78. The SMILES string of the molecule is CN(c1nc(-c2ccncc2)cc(=O)n1C)[C@@H]1CC[C@H]2N(C(=O)O)CC[C@@]2(C)C1. The second-order valence-corrected chi connectivity index (χ2v) is 8.52. The summed E-state index contributed by atoms with van der Waals surface area (Å²) in [6.07, 6.45) is 6.01. The molecule has 2 fully saturated rings. The summed E-state index contributed by atoms with van der Waals surface area (Å²) < 4.78 is 1.58. The Hall–Kier alpha value is -2.90. The van der Waals surface area contributed by atoms with Crippen LogP contribution in [0.3, 0.4) is 0 Å². The molecule has 0 unspecified atom stereocenters. The van der Waals surface area contributed by atoms with Crippen molar-refractivity contribution in [1.82, 2.24) is 19.4 Å². The van der Waals surface area contributed by atoms with E-state index in [9.17, 15) is 14.7 Å². The van der Waals surface area contributed by atoms with Crippen LogP contribution in [0.15, 0.2) is 35.4 Å². The Labute approximate surface area is 169 Å². The molecule has 2 aromatic heterocycles. The minimum Gasteiger partial charge on any atom is -0.465 e. The normalized spacial score (nSPS) is 26.2. The molecule has 8 heteroatoms. The van der Waals surface area contributed by atoms with E-state index in [1.54, 1.807) is 35.0 Å². The van der Waals surface area contributed by atoms with Crippen LogP contribution in [0.4, 0.5) is 10.7 Å². The van der Waals surface area contributed by atoms with Crippen LogP contribution in [-0.2, 0) is 7.05 Å². The van der Waals surface area contributed by atoms with E-state index in [4.69, 9.17) is 4.98 Å². The molecule has 0 bridgehead atoms. The predicted octanol–water partition coefficient (Wildman–Crippen LogP) is 2.59. The molecule has 1 N–H and O–H groups in total. The minimum absolute atomic E-state index is 0.0445. The van der Waals surface area contributed by atoms with Gasteiger partial charge in [-0.15, -0.1) is 0 Å². The van der Waals surface area contributed by atoms with Gasteiger partial charge >= 0.3 is 6.09 Å². The van der Waals surface area contributed by atoms with Gasteiger partial charge in [-0.3, -0.25) is 14.3 Å². The van der Waals surface area contributed by atoms with Crippen molar-refractivity contribution in [1.29, 1.82) is 0 Å². The molecule has 0 radical (unpaired) electrons. The highest BCUT2D eigenvalue weighted by molar-refractivity contribution is 5.66. The van der Waals surface area contributed by atoms with Gasteiger partial charge in [0.05, 0.1) is 5.69 Å². The number of aromatic nitrogens is 3. The molecule has 1 saturated carbocycles. The maximum Gasteiger partial charge on any atom is 0.407 e. The number of amides is 1. The van der Waals surface area contributed by atoms with Crippen molar-refractivity contribution in [3.63, 3.8) is 0 Å². The van der Waals surface area contributed by atoms with Crippen LogP contribution in [0.25, 0.3) is 11.3 Å². The fourth-order valence-electron chi connectivity index (χ4n) is 5.04. The van der Waals surface area contributed by atoms with Crippen molar-refractivity contribution in [2.75, 3.05) is 18.5 Å². The zero-order valence-corrected chi connectivity index (χ0v) is 17.1. The van der Waals surface area contributed by atoms with E-state index in [0.29, 0.717) is 18.2 Å². The Morgan fingerprint density at radius 3 is 2.72 bits per heavy atom. The lowest BCUT2D eigenvalue weighted by Gasteiger charge is -2.45. The molecule has 154 valence electrons. The summed E-state index contributed by atoms with van der Waals surface area (Å²) in [5.74, 6) is 0.629. The van der Waals surface area contributed by atoms with E-state index in [1.165, 1.54) is 0 Å². The summed E-state index contributed by atoms with van der Waals surface area (Å²) in [4.78, 5) is 36.7. The molecule has 2 aliphatic rings. The Balaban J connectivity index is 1.62. The molecular weight excluding hydrogens is 370 g/mol. The quantitative estimate of drug-likeness (QED) is 0.856. The second kappa shape index (κ2) is 7.17. The monoisotopic (exact) mass is 397 g/mol. The number of rotatable bonds is 3. The molecule has 1 aliphatic heterocycles. The lowest BCUT2D eigenvalue weighted by atomic mass is 9.70. The molecule has 2 aromatic rings. The van der Waals surface area contributed by atoms with E-state index in [-0.39, 0.29) is 23.1 Å². The van der Waals surface area contributed by atoms with Gasteiger partial charge in [-0.25, -0.2) is 9.78 Å². The van der Waals surface area contributed by atoms with Crippen molar-refractivity contribution in [3.05, 3.63) is 40.9 Å². The van der Waals surface area contributed by atoms with Gasteiger partial charge in [0, 0.05) is 56.7 Å². The average Bonchev–Trinajstić information content (AvgIpc) is 3.06. The van der Waals surface area contributed by atoms with Crippen LogP contribution in [0.1, 0.15) is 32.6 Å². The number of pyridine rings is 1. The summed E-state index contributed by atoms with van der Waals surface area (Å²) in [6, 6.07) is 5.51. The van der Waals surface area contributed by atoms with Crippen LogP contribution in [0.2, 0.25) is 0 Å². The van der Waals surface area contributed by atoms with Crippen LogP contribution in [-0.4, -0.2) is 56.3 Å². The first-order valence-electron chi connectivity index (χ1n) is 10.0. The molecule has 1 aliphatic carbocycles. The maximum atomic E-state index is 12.6. The highest BCUT2D eigenvalue weighted by Gasteiger charge is 2.50. The summed E-state index contributed by atoms with van der Waals surface area (Å²) in [5, 5.41) is 9.49. The standard InChI is InChI=1S/C21H27N5O3/c1-21-8-11-26(20(28)29)17(21)5-4-15(13-21)24(2)19-23-16(12-18(27)25(19)3)14-6-9-22-10-7-14/h6-7,9-10,12,15,17H,4-5,8,11,13H2,1-3H3,(H,28,29)/t15-,17-,21+/m1/s1. The van der Waals surface area contributed by atoms with Crippen molar-refractivity contribution in [3.8, 4) is 11.3 Å². The van der Waals surface area contributed by atoms with Crippen molar-refractivity contribution >= 4 is 12.0 Å². The van der Waals surface area contributed by atoms with E-state index in [2.05, 4.69) is 16.8 Å². The molecule has 29 heavy (non-hydrogen) atoms. The molecule has 0 spiro atoms. The van der Waals surface area contributed by atoms with Crippen LogP contribution < -0.4 is 10.5 Å². The van der Waals surface area contributed by atoms with E-state index in [0.717, 1.165) is 31.2 Å². The number of hydrogen-bond donors (Lipinski definition) is 1. The fourth-order valence-corrected chi connectivity index (χ4v) is 5.04. The number of fused-ring (bicyclic) bond motifs is 1. The van der Waals surface area contributed by atoms with Crippen molar-refractivity contribution in [2.24, 2.45) is 12.5 Å². The average molecular weight is 397 g/mol. The Morgan fingerprint density at radius 2 is 2.03 bits per heavy atom. The van der Waals surface area contributed by atoms with Gasteiger partial charge in [-0.1, -0.05) is 6.92 Å². The van der Waals surface area contributed by atoms with E-state index in [1.807, 2.05) is 19.2 Å². The molecule has 3 atom stereocenters. The summed E-state index contributed by atoms with van der Waals surface area (Å²) in [7, 11) is 3.73. The molecular formula is C21H27N5O3. The third-order valence-corrected chi connectivity index (χ3v) is 6.78. The van der Waals surface area contributed by atoms with Gasteiger partial charge in [0.2, 0.25) is 5.95 Å². The highest BCUT2D eigenvalue weighted by atomic mass is 16.4. The summed E-state index contributed by atoms with van der Waals surface area (Å²) >= 11 is 0. The van der Waals surface area contributed by atoms with Crippen LogP contribution in [0, 0.1) is 5.41 Å². The summed E-state index contributed by atoms with van der Waals surface area (Å²) in [6.45, 7) is 2.79. The summed E-state index contributed by atoms with van der Waals surface area (Å²) in [5.41, 5.74) is 1.34. The van der Waals surface area contributed by atoms with Gasteiger partial charge in [0.15, 0.2) is 0 Å². The smallest absolute Gasteiger partial charge is 0.407 e. The third kappa shape index (κ3) is 3.36. The number of carbonyl (C=O) groups is 1. The zero-order valence-electron chi connectivity index (χ0n) is 17.1. The van der Waals surface area contributed by atoms with Crippen LogP contribution >= 0.6 is 0 Å². The number of hydrogen-bond acceptors (Lipinski definition) is 5. The molecule has 0 aromatic carbocycles. The van der Waals surface area contributed by atoms with Gasteiger partial charge in [0.1, 0.15) is 0 Å². The fraction of sp³-hybridized carbons (Fsp3) is 0.524. The Bertz CT molecular complexity index is 976. The molecule has 4 rings (SSSR count). The van der Waals surface area contributed by atoms with Gasteiger partial charge in [-0.05, 0) is 43.2 Å². The molecule has 1 saturated heterocycles. The minimum atomic E-state index is -0.820. The largest absolute Gasteiger partial charge is 0.465 e. The van der Waals surface area contributed by atoms with Crippen LogP contribution in [0.5, 0.6) is 0 Å². The van der Waals surface area contributed by atoms with Gasteiger partial charge < -0.3 is 14.9 Å². The molecule has 3 heterocycles. The lowest BCUT2D eigenvalue weighted by Crippen LogP contribution is -2.50. The van der Waals surface area contributed by atoms with E-state index < -0.39 is 6.09 Å². The second-order valence-electron chi connectivity index (χ2n) is 8.52. The van der Waals surface area contributed by atoms with E-state index >= 15 is 0 Å². The lowest BCUT2D eigenvalue weighted by molar-refractivity contribution is 0.0898. The Morgan fingerprint density at radius 1 is 1.31 bits per heavy atom. The van der Waals surface area contributed by atoms with Crippen molar-refractivity contribution in [2.45, 2.75) is 44.7 Å². The number of carboxylic acid groups (broad SMARTS) is 1. The Kier molecular flexibility index (Phi) is 4.80. The van der Waals surface area contributed by atoms with Gasteiger partial charge in [0.25, 0.3) is 5.56 Å². The number of anilines is 1. The first-order valence-corrected chi connectivity index (χ1v) is 10.0. The first kappa shape index (κ1) is 19.4. The van der Waals surface area contributed by atoms with Crippen molar-refractivity contribution < 1.29 is 9.90 Å². The molecule has 8 nitrogen and oxygen atoms in total. The zero-order chi connectivity index (χ0) is 20.8. The number of likely N-dealkylation sites (tertiary alicyclic amines) is 1.